The highest BCUT2D eigenvalue weighted by Gasteiger charge is 2.11. The van der Waals surface area contributed by atoms with E-state index in [0.29, 0.717) is 42.2 Å². The molecule has 0 fully saturated rings. The molecule has 8 nitrogen and oxygen atoms in total. The number of nitrogens with one attached hydrogen (secondary N) is 2. The molecular formula is C21H24FN3O5. The Morgan fingerprint density at radius 3 is 2.63 bits per heavy atom. The summed E-state index contributed by atoms with van der Waals surface area (Å²) in [6.45, 7) is 0.864. The highest BCUT2D eigenvalue weighted by molar-refractivity contribution is 6.35. The smallest absolute Gasteiger partial charge is 0.329 e. The van der Waals surface area contributed by atoms with E-state index in [1.165, 1.54) is 19.4 Å². The molecule has 0 aromatic heterocycles. The van der Waals surface area contributed by atoms with E-state index >= 15 is 0 Å². The molecule has 160 valence electrons. The first-order chi connectivity index (χ1) is 14.5. The summed E-state index contributed by atoms with van der Waals surface area (Å²) in [6, 6.07) is 11.3. The Hall–Kier alpha value is -3.46. The molecule has 2 rings (SSSR count). The number of carbonyl (C=O) groups is 2. The standard InChI is InChI=1S/C21H24FN3O5/c1-28-11-5-10-23-20(26)21(27)25-24-13-15-8-9-18(19(12-15)29-2)30-14-16-6-3-4-7-17(16)22/h3-4,6-9,12-13H,5,10-11,14H2,1-2H3,(H,23,26)(H,25,27)/b24-13-. The molecule has 30 heavy (non-hydrogen) atoms. The lowest BCUT2D eigenvalue weighted by atomic mass is 10.2. The zero-order valence-electron chi connectivity index (χ0n) is 16.8. The van der Waals surface area contributed by atoms with Crippen LogP contribution >= 0.6 is 0 Å². The molecular weight excluding hydrogens is 393 g/mol. The summed E-state index contributed by atoms with van der Waals surface area (Å²) in [5.41, 5.74) is 3.18. The fourth-order valence-electron chi connectivity index (χ4n) is 2.37. The molecule has 2 aromatic rings. The van der Waals surface area contributed by atoms with Crippen molar-refractivity contribution in [3.05, 3.63) is 59.4 Å². The maximum Gasteiger partial charge on any atom is 0.329 e. The maximum absolute atomic E-state index is 13.7. The summed E-state index contributed by atoms with van der Waals surface area (Å²) in [5.74, 6) is -1.16. The van der Waals surface area contributed by atoms with Crippen LogP contribution in [0.15, 0.2) is 47.6 Å². The van der Waals surface area contributed by atoms with Gasteiger partial charge in [-0.05, 0) is 36.2 Å². The second-order valence-electron chi connectivity index (χ2n) is 6.09. The lowest BCUT2D eigenvalue weighted by Crippen LogP contribution is -2.38. The molecule has 0 radical (unpaired) electrons. The summed E-state index contributed by atoms with van der Waals surface area (Å²) >= 11 is 0. The second kappa shape index (κ2) is 12.2. The molecule has 2 aromatic carbocycles. The van der Waals surface area contributed by atoms with Crippen LogP contribution in [-0.4, -0.2) is 45.4 Å². The van der Waals surface area contributed by atoms with Crippen molar-refractivity contribution in [1.29, 1.82) is 0 Å². The fraction of sp³-hybridized carbons (Fsp3) is 0.286. The molecule has 0 aliphatic carbocycles. The van der Waals surface area contributed by atoms with Gasteiger partial charge in [0.15, 0.2) is 11.5 Å². The Balaban J connectivity index is 1.90. The van der Waals surface area contributed by atoms with E-state index in [9.17, 15) is 14.0 Å². The normalized spacial score (nSPS) is 10.6. The molecule has 0 spiro atoms. The minimum Gasteiger partial charge on any atom is -0.493 e. The van der Waals surface area contributed by atoms with Gasteiger partial charge < -0.3 is 19.5 Å². The lowest BCUT2D eigenvalue weighted by molar-refractivity contribution is -0.139. The van der Waals surface area contributed by atoms with E-state index in [-0.39, 0.29) is 12.4 Å². The van der Waals surface area contributed by atoms with Crippen molar-refractivity contribution in [3.8, 4) is 11.5 Å². The first-order valence-electron chi connectivity index (χ1n) is 9.19. The highest BCUT2D eigenvalue weighted by atomic mass is 19.1. The Kier molecular flexibility index (Phi) is 9.26. The summed E-state index contributed by atoms with van der Waals surface area (Å²) in [7, 11) is 3.03. The molecule has 0 heterocycles. The Morgan fingerprint density at radius 2 is 1.90 bits per heavy atom. The van der Waals surface area contributed by atoms with Gasteiger partial charge in [0.25, 0.3) is 0 Å². The van der Waals surface area contributed by atoms with Crippen LogP contribution < -0.4 is 20.2 Å². The largest absolute Gasteiger partial charge is 0.493 e. The van der Waals surface area contributed by atoms with E-state index in [0.717, 1.165) is 0 Å². The summed E-state index contributed by atoms with van der Waals surface area (Å²) in [6.07, 6.45) is 1.96. The number of carbonyl (C=O) groups excluding carboxylic acids is 2. The molecule has 2 N–H and O–H groups in total. The number of methoxy groups -OCH3 is 2. The van der Waals surface area contributed by atoms with Gasteiger partial charge in [0.05, 0.1) is 13.3 Å². The number of amides is 2. The Bertz CT molecular complexity index is 889. The van der Waals surface area contributed by atoms with Crippen molar-refractivity contribution in [2.75, 3.05) is 27.4 Å². The van der Waals surface area contributed by atoms with Crippen molar-refractivity contribution in [2.45, 2.75) is 13.0 Å². The molecule has 0 aliphatic heterocycles. The predicted molar refractivity (Wildman–Crippen MR) is 109 cm³/mol. The van der Waals surface area contributed by atoms with Crippen molar-refractivity contribution in [3.63, 3.8) is 0 Å². The minimum absolute atomic E-state index is 0.0476. The van der Waals surface area contributed by atoms with Gasteiger partial charge in [-0.2, -0.15) is 5.10 Å². The topological polar surface area (TPSA) is 98.2 Å². The summed E-state index contributed by atoms with van der Waals surface area (Å²) < 4.78 is 29.5. The van der Waals surface area contributed by atoms with Gasteiger partial charge in [0.2, 0.25) is 0 Å². The summed E-state index contributed by atoms with van der Waals surface area (Å²) in [4.78, 5) is 23.3. The molecule has 2 amide bonds. The molecule has 0 saturated heterocycles. The monoisotopic (exact) mass is 417 g/mol. The third kappa shape index (κ3) is 7.17. The quantitative estimate of drug-likeness (QED) is 0.267. The van der Waals surface area contributed by atoms with Gasteiger partial charge in [0.1, 0.15) is 12.4 Å². The highest BCUT2D eigenvalue weighted by Crippen LogP contribution is 2.28. The van der Waals surface area contributed by atoms with E-state index in [2.05, 4.69) is 15.8 Å². The van der Waals surface area contributed by atoms with E-state index < -0.39 is 11.8 Å². The lowest BCUT2D eigenvalue weighted by Gasteiger charge is -2.11. The van der Waals surface area contributed by atoms with E-state index in [4.69, 9.17) is 14.2 Å². The van der Waals surface area contributed by atoms with Gasteiger partial charge in [-0.1, -0.05) is 18.2 Å². The first-order valence-corrected chi connectivity index (χ1v) is 9.19. The van der Waals surface area contributed by atoms with Crippen LogP contribution in [0.5, 0.6) is 11.5 Å². The molecule has 0 aliphatic rings. The third-order valence-corrected chi connectivity index (χ3v) is 3.93. The number of ether oxygens (including phenoxy) is 3. The molecule has 0 bridgehead atoms. The molecule has 0 saturated carbocycles. The van der Waals surface area contributed by atoms with Crippen molar-refractivity contribution in [2.24, 2.45) is 5.10 Å². The first kappa shape index (κ1) is 22.8. The number of nitrogens with zero attached hydrogens (tertiary/aromatic N) is 1. The van der Waals surface area contributed by atoms with Gasteiger partial charge in [-0.15, -0.1) is 0 Å². The fourth-order valence-corrected chi connectivity index (χ4v) is 2.37. The van der Waals surface area contributed by atoms with Crippen LogP contribution in [0.1, 0.15) is 17.5 Å². The molecule has 0 atom stereocenters. The number of hydrazone groups is 1. The van der Waals surface area contributed by atoms with Crippen LogP contribution in [0, 0.1) is 5.82 Å². The van der Waals surface area contributed by atoms with Crippen LogP contribution in [-0.2, 0) is 20.9 Å². The van der Waals surface area contributed by atoms with Gasteiger partial charge in [-0.25, -0.2) is 9.82 Å². The number of benzene rings is 2. The summed E-state index contributed by atoms with van der Waals surface area (Å²) in [5, 5.41) is 6.22. The van der Waals surface area contributed by atoms with Gasteiger partial charge in [0, 0.05) is 25.8 Å². The third-order valence-electron chi connectivity index (χ3n) is 3.93. The molecule has 0 unspecified atom stereocenters. The van der Waals surface area contributed by atoms with Crippen LogP contribution in [0.4, 0.5) is 4.39 Å². The number of halogens is 1. The Morgan fingerprint density at radius 1 is 1.10 bits per heavy atom. The van der Waals surface area contributed by atoms with E-state index in [1.807, 2.05) is 0 Å². The van der Waals surface area contributed by atoms with Crippen molar-refractivity contribution >= 4 is 18.0 Å². The van der Waals surface area contributed by atoms with E-state index in [1.54, 1.807) is 43.5 Å². The number of hydrogen-bond donors (Lipinski definition) is 2. The van der Waals surface area contributed by atoms with Crippen LogP contribution in [0.2, 0.25) is 0 Å². The second-order valence-corrected chi connectivity index (χ2v) is 6.09. The van der Waals surface area contributed by atoms with Crippen molar-refractivity contribution < 1.29 is 28.2 Å². The predicted octanol–water partition coefficient (Wildman–Crippen LogP) is 2.02. The zero-order valence-corrected chi connectivity index (χ0v) is 16.8. The Labute approximate surface area is 174 Å². The SMILES string of the molecule is COCCCNC(=O)C(=O)N/N=C\c1ccc(OCc2ccccc2F)c(OC)c1. The minimum atomic E-state index is -0.875. The van der Waals surface area contributed by atoms with Gasteiger partial charge in [-0.3, -0.25) is 9.59 Å². The molecule has 9 heteroatoms. The average Bonchev–Trinajstić information content (AvgIpc) is 2.76. The number of hydrogen-bond acceptors (Lipinski definition) is 6. The van der Waals surface area contributed by atoms with Gasteiger partial charge >= 0.3 is 11.8 Å². The zero-order chi connectivity index (χ0) is 21.8. The average molecular weight is 417 g/mol. The van der Waals surface area contributed by atoms with Crippen LogP contribution in [0.25, 0.3) is 0 Å². The van der Waals surface area contributed by atoms with Crippen molar-refractivity contribution in [1.82, 2.24) is 10.7 Å². The maximum atomic E-state index is 13.7. The number of rotatable bonds is 10. The van der Waals surface area contributed by atoms with Crippen LogP contribution in [0.3, 0.4) is 0 Å².